The first-order valence-electron chi connectivity index (χ1n) is 6.43. The summed E-state index contributed by atoms with van der Waals surface area (Å²) in [5, 5.41) is 3.47. The highest BCUT2D eigenvalue weighted by Gasteiger charge is 2.37. The maximum absolute atomic E-state index is 5.99. The third-order valence-corrected chi connectivity index (χ3v) is 3.96. The van der Waals surface area contributed by atoms with E-state index in [4.69, 9.17) is 5.73 Å². The minimum absolute atomic E-state index is 0.0203. The number of nitrogens with zero attached hydrogens (tertiary/aromatic N) is 2. The molecule has 1 aromatic rings. The molecule has 2 atom stereocenters. The zero-order valence-corrected chi connectivity index (χ0v) is 10.7. The molecule has 94 valence electrons. The first kappa shape index (κ1) is 12.3. The molecule has 0 radical (unpaired) electrons. The Kier molecular flexibility index (Phi) is 3.62. The number of nitrogens with one attached hydrogen (secondary N) is 1. The Morgan fingerprint density at radius 1 is 1.41 bits per heavy atom. The van der Waals surface area contributed by atoms with Gasteiger partial charge in [-0.25, -0.2) is 9.97 Å². The van der Waals surface area contributed by atoms with Gasteiger partial charge in [0.15, 0.2) is 0 Å². The van der Waals surface area contributed by atoms with Crippen molar-refractivity contribution in [3.8, 4) is 0 Å². The topological polar surface area (TPSA) is 63.8 Å². The first-order chi connectivity index (χ1) is 8.16. The Labute approximate surface area is 103 Å². The average Bonchev–Trinajstić information content (AvgIpc) is 2.35. The molecule has 1 heterocycles. The zero-order chi connectivity index (χ0) is 12.3. The number of aryl methyl sites for hydroxylation is 1. The van der Waals surface area contributed by atoms with Crippen LogP contribution in [-0.4, -0.2) is 22.1 Å². The lowest BCUT2D eigenvalue weighted by Crippen LogP contribution is -2.52. The van der Waals surface area contributed by atoms with Gasteiger partial charge in [-0.1, -0.05) is 19.8 Å². The van der Waals surface area contributed by atoms with Crippen LogP contribution in [0.1, 0.15) is 38.2 Å². The van der Waals surface area contributed by atoms with Crippen molar-refractivity contribution >= 4 is 5.95 Å². The summed E-state index contributed by atoms with van der Waals surface area (Å²) < 4.78 is 0. The van der Waals surface area contributed by atoms with Crippen LogP contribution in [-0.2, 0) is 0 Å². The van der Waals surface area contributed by atoms with Gasteiger partial charge in [0.1, 0.15) is 0 Å². The molecule has 4 heteroatoms. The Morgan fingerprint density at radius 2 is 2.12 bits per heavy atom. The van der Waals surface area contributed by atoms with Crippen molar-refractivity contribution in [1.82, 2.24) is 9.97 Å². The molecule has 1 fully saturated rings. The van der Waals surface area contributed by atoms with Gasteiger partial charge in [0.2, 0.25) is 5.95 Å². The van der Waals surface area contributed by atoms with E-state index in [1.165, 1.54) is 19.3 Å². The first-order valence-corrected chi connectivity index (χ1v) is 6.43. The van der Waals surface area contributed by atoms with Gasteiger partial charge < -0.3 is 11.1 Å². The molecule has 0 amide bonds. The summed E-state index contributed by atoms with van der Waals surface area (Å²) in [6, 6.07) is 0. The van der Waals surface area contributed by atoms with Crippen LogP contribution < -0.4 is 11.1 Å². The highest BCUT2D eigenvalue weighted by atomic mass is 15.2. The fraction of sp³-hybridized carbons (Fsp3) is 0.692. The van der Waals surface area contributed by atoms with Gasteiger partial charge in [-0.05, 0) is 31.2 Å². The fourth-order valence-electron chi connectivity index (χ4n) is 2.63. The molecule has 3 N–H and O–H groups in total. The third-order valence-electron chi connectivity index (χ3n) is 3.96. The molecular weight excluding hydrogens is 212 g/mol. The monoisotopic (exact) mass is 234 g/mol. The predicted octanol–water partition coefficient (Wildman–Crippen LogP) is 2.10. The van der Waals surface area contributed by atoms with Gasteiger partial charge in [0.25, 0.3) is 0 Å². The molecular formula is C13H22N4. The van der Waals surface area contributed by atoms with Crippen molar-refractivity contribution in [2.75, 3.05) is 11.9 Å². The van der Waals surface area contributed by atoms with Gasteiger partial charge >= 0.3 is 0 Å². The van der Waals surface area contributed by atoms with E-state index in [9.17, 15) is 0 Å². The summed E-state index contributed by atoms with van der Waals surface area (Å²) in [5.74, 6) is 1.28. The van der Waals surface area contributed by atoms with E-state index < -0.39 is 0 Å². The Hall–Kier alpha value is -1.16. The number of hydrogen-bond donors (Lipinski definition) is 2. The molecule has 0 aliphatic heterocycles. The van der Waals surface area contributed by atoms with Gasteiger partial charge in [-0.2, -0.15) is 0 Å². The second-order valence-electron chi connectivity index (χ2n) is 5.22. The average molecular weight is 234 g/mol. The van der Waals surface area contributed by atoms with E-state index in [0.29, 0.717) is 18.4 Å². The molecule has 1 saturated carbocycles. The fourth-order valence-corrected chi connectivity index (χ4v) is 2.63. The Morgan fingerprint density at radius 3 is 2.71 bits per heavy atom. The van der Waals surface area contributed by atoms with E-state index in [1.54, 1.807) is 0 Å². The molecule has 0 spiro atoms. The summed E-state index contributed by atoms with van der Waals surface area (Å²) in [7, 11) is 0. The summed E-state index contributed by atoms with van der Waals surface area (Å²) in [6.07, 6.45) is 8.57. The van der Waals surface area contributed by atoms with E-state index in [-0.39, 0.29) is 5.54 Å². The van der Waals surface area contributed by atoms with Crippen LogP contribution in [0.3, 0.4) is 0 Å². The van der Waals surface area contributed by atoms with Crippen LogP contribution >= 0.6 is 0 Å². The lowest BCUT2D eigenvalue weighted by molar-refractivity contribution is 0.234. The third kappa shape index (κ3) is 2.57. The Bertz CT molecular complexity index is 362. The maximum Gasteiger partial charge on any atom is 0.223 e. The molecule has 0 bridgehead atoms. The number of aromatic nitrogens is 2. The van der Waals surface area contributed by atoms with Gasteiger partial charge in [0.05, 0.1) is 5.54 Å². The standard InChI is InChI=1S/C13H22N4/c1-10-7-15-12(16-8-10)17-13(9-14)6-4-3-5-11(13)2/h7-8,11H,3-6,9,14H2,1-2H3,(H,15,16,17). The van der Waals surface area contributed by atoms with Crippen LogP contribution in [0.25, 0.3) is 0 Å². The number of rotatable bonds is 3. The minimum atomic E-state index is -0.0203. The van der Waals surface area contributed by atoms with Crippen molar-refractivity contribution in [1.29, 1.82) is 0 Å². The van der Waals surface area contributed by atoms with Crippen LogP contribution in [0.5, 0.6) is 0 Å². The summed E-state index contributed by atoms with van der Waals surface area (Å²) >= 11 is 0. The van der Waals surface area contributed by atoms with Gasteiger partial charge in [-0.3, -0.25) is 0 Å². The van der Waals surface area contributed by atoms with E-state index in [2.05, 4.69) is 22.2 Å². The van der Waals surface area contributed by atoms with Crippen LogP contribution in [0.2, 0.25) is 0 Å². The number of nitrogens with two attached hydrogens (primary N) is 1. The lowest BCUT2D eigenvalue weighted by Gasteiger charge is -2.42. The quantitative estimate of drug-likeness (QED) is 0.840. The van der Waals surface area contributed by atoms with Crippen molar-refractivity contribution in [2.45, 2.75) is 45.1 Å². The molecule has 1 aliphatic carbocycles. The predicted molar refractivity (Wildman–Crippen MR) is 69.8 cm³/mol. The molecule has 2 rings (SSSR count). The number of anilines is 1. The summed E-state index contributed by atoms with van der Waals surface area (Å²) in [5.41, 5.74) is 7.05. The van der Waals surface area contributed by atoms with Crippen molar-refractivity contribution in [3.63, 3.8) is 0 Å². The molecule has 0 saturated heterocycles. The molecule has 17 heavy (non-hydrogen) atoms. The van der Waals surface area contributed by atoms with E-state index in [1.807, 2.05) is 19.3 Å². The van der Waals surface area contributed by atoms with Crippen molar-refractivity contribution < 1.29 is 0 Å². The molecule has 0 aromatic carbocycles. The Balaban J connectivity index is 2.15. The molecule has 1 aromatic heterocycles. The minimum Gasteiger partial charge on any atom is -0.347 e. The lowest BCUT2D eigenvalue weighted by atomic mass is 9.73. The second-order valence-corrected chi connectivity index (χ2v) is 5.22. The van der Waals surface area contributed by atoms with E-state index in [0.717, 1.165) is 12.0 Å². The highest BCUT2D eigenvalue weighted by molar-refractivity contribution is 5.31. The van der Waals surface area contributed by atoms with Crippen LogP contribution in [0.4, 0.5) is 5.95 Å². The van der Waals surface area contributed by atoms with Gasteiger partial charge in [0, 0.05) is 18.9 Å². The van der Waals surface area contributed by atoms with Crippen molar-refractivity contribution in [3.05, 3.63) is 18.0 Å². The molecule has 2 unspecified atom stereocenters. The number of hydrogen-bond acceptors (Lipinski definition) is 4. The zero-order valence-electron chi connectivity index (χ0n) is 10.7. The maximum atomic E-state index is 5.99. The smallest absolute Gasteiger partial charge is 0.223 e. The SMILES string of the molecule is Cc1cnc(NC2(CN)CCCCC2C)nc1. The normalized spacial score (nSPS) is 29.0. The van der Waals surface area contributed by atoms with Crippen LogP contribution in [0, 0.1) is 12.8 Å². The molecule has 1 aliphatic rings. The van der Waals surface area contributed by atoms with Gasteiger partial charge in [-0.15, -0.1) is 0 Å². The van der Waals surface area contributed by atoms with Crippen molar-refractivity contribution in [2.24, 2.45) is 11.7 Å². The highest BCUT2D eigenvalue weighted by Crippen LogP contribution is 2.34. The van der Waals surface area contributed by atoms with Crippen LogP contribution in [0.15, 0.2) is 12.4 Å². The summed E-state index contributed by atoms with van der Waals surface area (Å²) in [6.45, 7) is 4.91. The molecule has 4 nitrogen and oxygen atoms in total. The second kappa shape index (κ2) is 5.00. The van der Waals surface area contributed by atoms with E-state index >= 15 is 0 Å². The largest absolute Gasteiger partial charge is 0.347 e. The summed E-state index contributed by atoms with van der Waals surface area (Å²) in [4.78, 5) is 8.64.